The molecule has 3 rings (SSSR count). The normalized spacial score (nSPS) is 15.2. The number of carbonyl (C=O) groups excluding carboxylic acids is 1. The fourth-order valence-electron chi connectivity index (χ4n) is 2.11. The number of aliphatic imine (C=N–C) groups is 1. The molecule has 1 aliphatic rings. The van der Waals surface area contributed by atoms with Gasteiger partial charge in [-0.15, -0.1) is 0 Å². The van der Waals surface area contributed by atoms with Crippen molar-refractivity contribution in [3.63, 3.8) is 0 Å². The number of phenolic OH excluding ortho intramolecular Hbond substituents is 1. The van der Waals surface area contributed by atoms with Crippen molar-refractivity contribution in [1.29, 1.82) is 0 Å². The maximum Gasteiger partial charge on any atom is 0.276 e. The van der Waals surface area contributed by atoms with E-state index in [1.807, 2.05) is 12.1 Å². The Balaban J connectivity index is 1.78. The molecule has 2 aromatic carbocycles. The van der Waals surface area contributed by atoms with Gasteiger partial charge in [0.1, 0.15) is 17.2 Å². The van der Waals surface area contributed by atoms with E-state index in [0.717, 1.165) is 11.4 Å². The zero-order chi connectivity index (χ0) is 17.1. The fraction of sp³-hybridized carbons (Fsp3) is 0.0588. The van der Waals surface area contributed by atoms with E-state index in [4.69, 9.17) is 16.3 Å². The lowest BCUT2D eigenvalue weighted by Gasteiger charge is -2.06. The van der Waals surface area contributed by atoms with Crippen LogP contribution in [-0.2, 0) is 4.79 Å². The zero-order valence-electron chi connectivity index (χ0n) is 12.7. The van der Waals surface area contributed by atoms with Gasteiger partial charge in [-0.25, -0.2) is 4.99 Å². The Morgan fingerprint density at radius 2 is 2.00 bits per heavy atom. The quantitative estimate of drug-likeness (QED) is 0.748. The molecule has 7 heteroatoms. The summed E-state index contributed by atoms with van der Waals surface area (Å²) in [5.41, 5.74) is 1.67. The van der Waals surface area contributed by atoms with Gasteiger partial charge < -0.3 is 15.2 Å². The van der Waals surface area contributed by atoms with Crippen LogP contribution in [0, 0.1) is 0 Å². The second-order valence-corrected chi connectivity index (χ2v) is 5.42. The van der Waals surface area contributed by atoms with E-state index >= 15 is 0 Å². The number of phenols is 1. The van der Waals surface area contributed by atoms with Crippen molar-refractivity contribution < 1.29 is 14.6 Å². The second-order valence-electron chi connectivity index (χ2n) is 5.01. The van der Waals surface area contributed by atoms with Crippen molar-refractivity contribution in [1.82, 2.24) is 5.32 Å². The summed E-state index contributed by atoms with van der Waals surface area (Å²) in [5.74, 6) is 0.735. The van der Waals surface area contributed by atoms with Gasteiger partial charge in [0.15, 0.2) is 0 Å². The van der Waals surface area contributed by atoms with Crippen LogP contribution in [0.15, 0.2) is 53.2 Å². The first-order valence-electron chi connectivity index (χ1n) is 7.06. The summed E-state index contributed by atoms with van der Waals surface area (Å²) >= 11 is 5.86. The molecule has 2 aromatic rings. The molecular formula is C17H14ClN3O3. The minimum atomic E-state index is -0.324. The molecule has 0 saturated heterocycles. The number of amides is 1. The highest BCUT2D eigenvalue weighted by Gasteiger charge is 2.20. The molecule has 0 fully saturated rings. The molecule has 1 amide bonds. The van der Waals surface area contributed by atoms with Gasteiger partial charge in [-0.1, -0.05) is 17.7 Å². The van der Waals surface area contributed by atoms with Crippen molar-refractivity contribution in [2.75, 3.05) is 12.4 Å². The fourth-order valence-corrected chi connectivity index (χ4v) is 2.30. The highest BCUT2D eigenvalue weighted by atomic mass is 35.5. The third kappa shape index (κ3) is 3.49. The number of nitrogens with zero attached hydrogens (tertiary/aromatic N) is 1. The van der Waals surface area contributed by atoms with E-state index in [-0.39, 0.29) is 22.4 Å². The molecule has 1 heterocycles. The van der Waals surface area contributed by atoms with Gasteiger partial charge in [0.2, 0.25) is 5.96 Å². The number of methoxy groups -OCH3 is 1. The summed E-state index contributed by atoms with van der Waals surface area (Å²) in [6.07, 6.45) is 1.59. The molecule has 0 saturated carbocycles. The largest absolute Gasteiger partial charge is 0.506 e. The van der Waals surface area contributed by atoms with E-state index in [2.05, 4.69) is 15.6 Å². The Kier molecular flexibility index (Phi) is 4.39. The van der Waals surface area contributed by atoms with Gasteiger partial charge in [-0.2, -0.15) is 0 Å². The Morgan fingerprint density at radius 3 is 2.67 bits per heavy atom. The highest BCUT2D eigenvalue weighted by Crippen LogP contribution is 2.25. The first kappa shape index (κ1) is 15.9. The zero-order valence-corrected chi connectivity index (χ0v) is 13.5. The molecular weight excluding hydrogens is 330 g/mol. The standard InChI is InChI=1S/C17H14ClN3O3/c1-24-12-5-3-11(4-6-12)19-17-20-14(16(23)21-17)9-10-2-7-15(22)13(18)8-10/h2-9,22H,1H3,(H2,19,20,21,23)/b14-9+. The lowest BCUT2D eigenvalue weighted by atomic mass is 10.2. The van der Waals surface area contributed by atoms with Crippen LogP contribution in [-0.4, -0.2) is 24.1 Å². The van der Waals surface area contributed by atoms with Gasteiger partial charge in [-0.3, -0.25) is 10.1 Å². The molecule has 122 valence electrons. The monoisotopic (exact) mass is 343 g/mol. The number of anilines is 1. The first-order valence-corrected chi connectivity index (χ1v) is 7.44. The third-order valence-electron chi connectivity index (χ3n) is 3.32. The SMILES string of the molecule is COc1ccc(NC2=N/C(=C/c3ccc(O)c(Cl)c3)C(=O)N2)cc1. The summed E-state index contributed by atoms with van der Waals surface area (Å²) in [7, 11) is 1.59. The Hall–Kier alpha value is -2.99. The molecule has 0 spiro atoms. The lowest BCUT2D eigenvalue weighted by Crippen LogP contribution is -2.29. The van der Waals surface area contributed by atoms with Crippen LogP contribution in [0.1, 0.15) is 5.56 Å². The van der Waals surface area contributed by atoms with E-state index < -0.39 is 0 Å². The van der Waals surface area contributed by atoms with Crippen molar-refractivity contribution in [3.05, 3.63) is 58.7 Å². The maximum absolute atomic E-state index is 12.0. The highest BCUT2D eigenvalue weighted by molar-refractivity contribution is 6.32. The van der Waals surface area contributed by atoms with Crippen LogP contribution in [0.2, 0.25) is 5.02 Å². The molecule has 0 aliphatic carbocycles. The van der Waals surface area contributed by atoms with Crippen molar-refractivity contribution in [3.8, 4) is 11.5 Å². The average molecular weight is 344 g/mol. The van der Waals surface area contributed by atoms with Gasteiger partial charge in [-0.05, 0) is 48.0 Å². The van der Waals surface area contributed by atoms with Crippen LogP contribution in [0.25, 0.3) is 6.08 Å². The van der Waals surface area contributed by atoms with Crippen LogP contribution in [0.3, 0.4) is 0 Å². The van der Waals surface area contributed by atoms with Crippen molar-refractivity contribution >= 4 is 35.2 Å². The summed E-state index contributed by atoms with van der Waals surface area (Å²) in [4.78, 5) is 16.2. The number of hydrogen-bond donors (Lipinski definition) is 3. The van der Waals surface area contributed by atoms with Crippen LogP contribution >= 0.6 is 11.6 Å². The van der Waals surface area contributed by atoms with Gasteiger partial charge in [0, 0.05) is 5.69 Å². The maximum atomic E-state index is 12.0. The number of benzene rings is 2. The molecule has 0 bridgehead atoms. The number of hydrogen-bond acceptors (Lipinski definition) is 5. The molecule has 0 unspecified atom stereocenters. The van der Waals surface area contributed by atoms with Gasteiger partial charge in [0.05, 0.1) is 12.1 Å². The summed E-state index contributed by atoms with van der Waals surface area (Å²) in [5, 5.41) is 15.3. The molecule has 0 radical (unpaired) electrons. The van der Waals surface area contributed by atoms with Crippen LogP contribution < -0.4 is 15.4 Å². The van der Waals surface area contributed by atoms with Gasteiger partial charge in [0.25, 0.3) is 5.91 Å². The first-order chi connectivity index (χ1) is 11.5. The number of ether oxygens (including phenoxy) is 1. The minimum Gasteiger partial charge on any atom is -0.506 e. The lowest BCUT2D eigenvalue weighted by molar-refractivity contribution is -0.115. The van der Waals surface area contributed by atoms with E-state index in [1.165, 1.54) is 6.07 Å². The number of aromatic hydroxyl groups is 1. The minimum absolute atomic E-state index is 0.0138. The van der Waals surface area contributed by atoms with E-state index in [9.17, 15) is 9.90 Å². The van der Waals surface area contributed by atoms with Crippen molar-refractivity contribution in [2.45, 2.75) is 0 Å². The summed E-state index contributed by atoms with van der Waals surface area (Å²) in [6, 6.07) is 11.9. The van der Waals surface area contributed by atoms with Crippen LogP contribution in [0.5, 0.6) is 11.5 Å². The predicted octanol–water partition coefficient (Wildman–Crippen LogP) is 2.99. The molecule has 3 N–H and O–H groups in total. The van der Waals surface area contributed by atoms with E-state index in [1.54, 1.807) is 37.5 Å². The molecule has 0 aromatic heterocycles. The molecule has 0 atom stereocenters. The summed E-state index contributed by atoms with van der Waals surface area (Å²) < 4.78 is 5.09. The van der Waals surface area contributed by atoms with Crippen LogP contribution in [0.4, 0.5) is 5.69 Å². The molecule has 6 nitrogen and oxygen atoms in total. The summed E-state index contributed by atoms with van der Waals surface area (Å²) in [6.45, 7) is 0. The Labute approximate surface area is 143 Å². The van der Waals surface area contributed by atoms with E-state index in [0.29, 0.717) is 11.5 Å². The molecule has 24 heavy (non-hydrogen) atoms. The third-order valence-corrected chi connectivity index (χ3v) is 3.63. The number of rotatable bonds is 3. The number of guanidine groups is 1. The number of nitrogens with one attached hydrogen (secondary N) is 2. The number of carbonyl (C=O) groups is 1. The molecule has 1 aliphatic heterocycles. The number of halogens is 1. The Morgan fingerprint density at radius 1 is 1.25 bits per heavy atom. The topological polar surface area (TPSA) is 82.9 Å². The average Bonchev–Trinajstić information content (AvgIpc) is 2.91. The van der Waals surface area contributed by atoms with Crippen molar-refractivity contribution in [2.24, 2.45) is 4.99 Å². The predicted molar refractivity (Wildman–Crippen MR) is 93.3 cm³/mol. The smallest absolute Gasteiger partial charge is 0.276 e. The van der Waals surface area contributed by atoms with Gasteiger partial charge >= 0.3 is 0 Å². The second kappa shape index (κ2) is 6.64. The Bertz CT molecular complexity index is 845.